The highest BCUT2D eigenvalue weighted by atomic mass is 16.5. The lowest BCUT2D eigenvalue weighted by Crippen LogP contribution is -1.97. The molecule has 3 aromatic carbocycles. The highest BCUT2D eigenvalue weighted by Gasteiger charge is 2.09. The van der Waals surface area contributed by atoms with Gasteiger partial charge in [-0.2, -0.15) is 0 Å². The number of nitrogens with zero attached hydrogens (tertiary/aromatic N) is 3. The van der Waals surface area contributed by atoms with Crippen molar-refractivity contribution in [2.24, 2.45) is 0 Å². The molecule has 0 unspecified atom stereocenters. The summed E-state index contributed by atoms with van der Waals surface area (Å²) in [7, 11) is 0. The Balaban J connectivity index is 1.45. The molecule has 0 saturated heterocycles. The number of rotatable bonds is 4. The van der Waals surface area contributed by atoms with E-state index in [9.17, 15) is 0 Å². The van der Waals surface area contributed by atoms with Crippen LogP contribution in [-0.4, -0.2) is 15.0 Å². The van der Waals surface area contributed by atoms with Crippen molar-refractivity contribution in [1.82, 2.24) is 15.0 Å². The molecule has 0 atom stereocenters. The molecule has 5 nitrogen and oxygen atoms in total. The van der Waals surface area contributed by atoms with Crippen LogP contribution in [0.5, 0.6) is 11.5 Å². The lowest BCUT2D eigenvalue weighted by atomic mass is 10.1. The number of hydrogen-bond acceptors (Lipinski definition) is 5. The van der Waals surface area contributed by atoms with Crippen molar-refractivity contribution < 1.29 is 4.74 Å². The van der Waals surface area contributed by atoms with Crippen LogP contribution in [0.2, 0.25) is 0 Å². The second kappa shape index (κ2) is 7.44. The van der Waals surface area contributed by atoms with Crippen LogP contribution in [0, 0.1) is 13.8 Å². The van der Waals surface area contributed by atoms with Gasteiger partial charge in [0, 0.05) is 22.2 Å². The summed E-state index contributed by atoms with van der Waals surface area (Å²) >= 11 is 0. The average molecular weight is 392 g/mol. The number of aromatic nitrogens is 3. The highest BCUT2D eigenvalue weighted by molar-refractivity contribution is 5.90. The van der Waals surface area contributed by atoms with Crippen molar-refractivity contribution in [2.75, 3.05) is 5.32 Å². The van der Waals surface area contributed by atoms with Crippen LogP contribution in [-0.2, 0) is 0 Å². The predicted octanol–water partition coefficient (Wildman–Crippen LogP) is 6.33. The maximum atomic E-state index is 6.24. The van der Waals surface area contributed by atoms with Gasteiger partial charge in [-0.3, -0.25) is 0 Å². The molecule has 2 heterocycles. The molecule has 5 heteroatoms. The zero-order valence-corrected chi connectivity index (χ0v) is 16.8. The quantitative estimate of drug-likeness (QED) is 0.387. The van der Waals surface area contributed by atoms with E-state index >= 15 is 0 Å². The fourth-order valence-electron chi connectivity index (χ4n) is 3.50. The summed E-state index contributed by atoms with van der Waals surface area (Å²) in [6.45, 7) is 4.02. The third-order valence-electron chi connectivity index (χ3n) is 5.02. The molecule has 5 rings (SSSR count). The Morgan fingerprint density at radius 3 is 2.60 bits per heavy atom. The second-order valence-corrected chi connectivity index (χ2v) is 7.23. The first-order valence-electron chi connectivity index (χ1n) is 9.79. The first-order chi connectivity index (χ1) is 14.7. The van der Waals surface area contributed by atoms with Crippen LogP contribution in [0.15, 0.2) is 79.1 Å². The third kappa shape index (κ3) is 3.42. The fraction of sp³-hybridized carbons (Fsp3) is 0.0800. The first kappa shape index (κ1) is 18.1. The standard InChI is InChI=1S/C25H20N4O/c1-16-14-19(29-25-20-7-3-4-8-21(20)26-15-27-25)12-13-22(16)30-23-9-5-6-18-11-10-17(2)28-24(18)23/h3-15H,1-2H3,(H,26,27,29). The monoisotopic (exact) mass is 392 g/mol. The average Bonchev–Trinajstić information content (AvgIpc) is 2.76. The summed E-state index contributed by atoms with van der Waals surface area (Å²) < 4.78 is 6.24. The van der Waals surface area contributed by atoms with Crippen molar-refractivity contribution >= 4 is 33.3 Å². The van der Waals surface area contributed by atoms with Crippen LogP contribution < -0.4 is 10.1 Å². The molecule has 0 amide bonds. The fourth-order valence-corrected chi connectivity index (χ4v) is 3.50. The van der Waals surface area contributed by atoms with Crippen LogP contribution >= 0.6 is 0 Å². The number of para-hydroxylation sites is 2. The van der Waals surface area contributed by atoms with E-state index < -0.39 is 0 Å². The van der Waals surface area contributed by atoms with Crippen LogP contribution in [0.4, 0.5) is 11.5 Å². The van der Waals surface area contributed by atoms with Gasteiger partial charge in [-0.1, -0.05) is 30.3 Å². The maximum absolute atomic E-state index is 6.24. The number of benzene rings is 3. The minimum Gasteiger partial charge on any atom is -0.455 e. The summed E-state index contributed by atoms with van der Waals surface area (Å²) in [5, 5.41) is 5.44. The molecule has 0 bridgehead atoms. The SMILES string of the molecule is Cc1ccc2cccc(Oc3ccc(Nc4ncnc5ccccc45)cc3C)c2n1. The van der Waals surface area contributed by atoms with Gasteiger partial charge in [-0.25, -0.2) is 15.0 Å². The Bertz CT molecular complexity index is 1380. The number of ether oxygens (including phenoxy) is 1. The molecule has 0 aliphatic heterocycles. The van der Waals surface area contributed by atoms with Crippen molar-refractivity contribution in [3.8, 4) is 11.5 Å². The highest BCUT2D eigenvalue weighted by Crippen LogP contribution is 2.32. The summed E-state index contributed by atoms with van der Waals surface area (Å²) in [5.41, 5.74) is 4.70. The lowest BCUT2D eigenvalue weighted by Gasteiger charge is -2.13. The third-order valence-corrected chi connectivity index (χ3v) is 5.02. The Kier molecular flexibility index (Phi) is 4.48. The minimum atomic E-state index is 0.752. The van der Waals surface area contributed by atoms with Gasteiger partial charge in [0.1, 0.15) is 23.4 Å². The van der Waals surface area contributed by atoms with Gasteiger partial charge < -0.3 is 10.1 Å². The van der Waals surface area contributed by atoms with E-state index in [4.69, 9.17) is 4.74 Å². The van der Waals surface area contributed by atoms with E-state index in [-0.39, 0.29) is 0 Å². The second-order valence-electron chi connectivity index (χ2n) is 7.23. The Morgan fingerprint density at radius 1 is 0.800 bits per heavy atom. The maximum Gasteiger partial charge on any atom is 0.153 e. The van der Waals surface area contributed by atoms with E-state index in [0.29, 0.717) is 0 Å². The summed E-state index contributed by atoms with van der Waals surface area (Å²) in [6, 6.07) is 24.0. The normalized spacial score (nSPS) is 11.0. The molecule has 2 aromatic heterocycles. The smallest absolute Gasteiger partial charge is 0.153 e. The first-order valence-corrected chi connectivity index (χ1v) is 9.79. The zero-order valence-electron chi connectivity index (χ0n) is 16.8. The van der Waals surface area contributed by atoms with Gasteiger partial charge >= 0.3 is 0 Å². The molecule has 0 saturated carbocycles. The van der Waals surface area contributed by atoms with Crippen molar-refractivity contribution in [1.29, 1.82) is 0 Å². The molecular weight excluding hydrogens is 372 g/mol. The van der Waals surface area contributed by atoms with Gasteiger partial charge in [0.25, 0.3) is 0 Å². The summed E-state index contributed by atoms with van der Waals surface area (Å²) in [6.07, 6.45) is 1.57. The largest absolute Gasteiger partial charge is 0.455 e. The molecule has 1 N–H and O–H groups in total. The molecule has 0 radical (unpaired) electrons. The van der Waals surface area contributed by atoms with E-state index in [1.165, 1.54) is 0 Å². The summed E-state index contributed by atoms with van der Waals surface area (Å²) in [5.74, 6) is 2.33. The molecule has 0 fully saturated rings. The van der Waals surface area contributed by atoms with Crippen LogP contribution in [0.3, 0.4) is 0 Å². The molecule has 5 aromatic rings. The minimum absolute atomic E-state index is 0.752. The Labute approximate surface area is 174 Å². The number of aryl methyl sites for hydroxylation is 2. The molecule has 0 aliphatic carbocycles. The van der Waals surface area contributed by atoms with E-state index in [2.05, 4.69) is 32.4 Å². The van der Waals surface area contributed by atoms with Crippen LogP contribution in [0.1, 0.15) is 11.3 Å². The lowest BCUT2D eigenvalue weighted by molar-refractivity contribution is 0.483. The molecule has 0 aliphatic rings. The van der Waals surface area contributed by atoms with Gasteiger partial charge in [0.15, 0.2) is 5.75 Å². The van der Waals surface area contributed by atoms with Gasteiger partial charge in [-0.05, 0) is 61.9 Å². The number of anilines is 2. The van der Waals surface area contributed by atoms with Crippen molar-refractivity contribution in [3.63, 3.8) is 0 Å². The van der Waals surface area contributed by atoms with E-state index in [1.54, 1.807) is 6.33 Å². The molecule has 146 valence electrons. The molecular formula is C25H20N4O. The zero-order chi connectivity index (χ0) is 20.5. The van der Waals surface area contributed by atoms with E-state index in [1.807, 2.05) is 74.5 Å². The molecule has 0 spiro atoms. The van der Waals surface area contributed by atoms with Crippen molar-refractivity contribution in [2.45, 2.75) is 13.8 Å². The number of fused-ring (bicyclic) bond motifs is 2. The van der Waals surface area contributed by atoms with Gasteiger partial charge in [-0.15, -0.1) is 0 Å². The van der Waals surface area contributed by atoms with E-state index in [0.717, 1.165) is 56.1 Å². The molecule has 30 heavy (non-hydrogen) atoms. The van der Waals surface area contributed by atoms with Gasteiger partial charge in [0.05, 0.1) is 5.52 Å². The Morgan fingerprint density at radius 2 is 1.70 bits per heavy atom. The van der Waals surface area contributed by atoms with Gasteiger partial charge in [0.2, 0.25) is 0 Å². The number of pyridine rings is 1. The topological polar surface area (TPSA) is 59.9 Å². The van der Waals surface area contributed by atoms with Crippen molar-refractivity contribution in [3.05, 3.63) is 90.4 Å². The predicted molar refractivity (Wildman–Crippen MR) is 121 cm³/mol. The Hall–Kier alpha value is -3.99. The number of hydrogen-bond donors (Lipinski definition) is 1. The van der Waals surface area contributed by atoms with Crippen LogP contribution in [0.25, 0.3) is 21.8 Å². The summed E-state index contributed by atoms with van der Waals surface area (Å²) in [4.78, 5) is 13.4. The number of nitrogens with one attached hydrogen (secondary N) is 1.